The third-order valence-electron chi connectivity index (χ3n) is 6.90. The molecule has 188 valence electrons. The van der Waals surface area contributed by atoms with Crippen LogP contribution in [0.3, 0.4) is 0 Å². The molecule has 3 fully saturated rings. The summed E-state index contributed by atoms with van der Waals surface area (Å²) < 4.78 is 51.1. The number of ether oxygens (including phenoxy) is 3. The molecule has 1 aromatic heterocycles. The molecule has 0 saturated heterocycles. The summed E-state index contributed by atoms with van der Waals surface area (Å²) in [4.78, 5) is 17.0. The van der Waals surface area contributed by atoms with Crippen LogP contribution in [0, 0.1) is 0 Å². The average Bonchev–Trinajstić information content (AvgIpc) is 2.74. The summed E-state index contributed by atoms with van der Waals surface area (Å²) in [5.74, 6) is 0.551. The highest BCUT2D eigenvalue weighted by atomic mass is 35.5. The van der Waals surface area contributed by atoms with E-state index in [4.69, 9.17) is 21.1 Å². The van der Waals surface area contributed by atoms with E-state index in [2.05, 4.69) is 15.0 Å². The van der Waals surface area contributed by atoms with Crippen LogP contribution >= 0.6 is 11.6 Å². The molecule has 35 heavy (non-hydrogen) atoms. The first-order valence-corrected chi connectivity index (χ1v) is 11.7. The van der Waals surface area contributed by atoms with Gasteiger partial charge in [-0.15, -0.1) is 13.2 Å². The van der Waals surface area contributed by atoms with Gasteiger partial charge in [0, 0.05) is 46.6 Å². The summed E-state index contributed by atoms with van der Waals surface area (Å²) in [7, 11) is 0. The van der Waals surface area contributed by atoms with E-state index >= 15 is 0 Å². The molecule has 3 aliphatic carbocycles. The lowest BCUT2D eigenvalue weighted by atomic mass is 9.37. The minimum atomic E-state index is -4.64. The van der Waals surface area contributed by atoms with Crippen molar-refractivity contribution in [3.05, 3.63) is 52.7 Å². The fourth-order valence-corrected chi connectivity index (χ4v) is 5.57. The summed E-state index contributed by atoms with van der Waals surface area (Å²) in [6.45, 7) is -0.418. The number of alkyl halides is 3. The van der Waals surface area contributed by atoms with Gasteiger partial charge in [0.15, 0.2) is 6.10 Å². The molecule has 4 aliphatic rings. The number of hydrogen-bond donors (Lipinski definition) is 2. The molecule has 0 spiro atoms. The van der Waals surface area contributed by atoms with Crippen molar-refractivity contribution in [2.75, 3.05) is 13.2 Å². The van der Waals surface area contributed by atoms with Crippen LogP contribution in [-0.2, 0) is 14.9 Å². The van der Waals surface area contributed by atoms with Crippen LogP contribution in [0.4, 0.5) is 13.2 Å². The Morgan fingerprint density at radius 1 is 1.23 bits per heavy atom. The second-order valence-electron chi connectivity index (χ2n) is 9.50. The first-order valence-electron chi connectivity index (χ1n) is 11.3. The number of aliphatic hydroxyl groups is 1. The summed E-state index contributed by atoms with van der Waals surface area (Å²) in [5, 5.41) is 14.0. The van der Waals surface area contributed by atoms with E-state index in [1.54, 1.807) is 30.5 Å². The van der Waals surface area contributed by atoms with Crippen molar-refractivity contribution in [3.8, 4) is 11.6 Å². The standard InChI is InChI=1S/C24H24ClF3N2O5/c25-15-2-3-18-16(9-15)17(31)10-19(35-18)21(32)30-23-11-22(12-23,13-23)14-4-5-29-20(8-14)33-6-1-7-34-24(26,27)28/h2-5,8-9,17,19,31H,1,6-7,10-13H2,(H,30,32)/t17-,19-,22?,23?/m1/s1. The quantitative estimate of drug-likeness (QED) is 0.515. The lowest BCUT2D eigenvalue weighted by molar-refractivity contribution is -0.324. The van der Waals surface area contributed by atoms with Crippen LogP contribution in [0.15, 0.2) is 36.5 Å². The number of aromatic nitrogens is 1. The molecule has 3 saturated carbocycles. The zero-order chi connectivity index (χ0) is 24.8. The van der Waals surface area contributed by atoms with Gasteiger partial charge in [-0.25, -0.2) is 4.98 Å². The number of carbonyl (C=O) groups is 1. The van der Waals surface area contributed by atoms with Crippen LogP contribution in [-0.4, -0.2) is 47.2 Å². The molecule has 1 amide bonds. The number of fused-ring (bicyclic) bond motifs is 1. The average molecular weight is 513 g/mol. The maximum Gasteiger partial charge on any atom is 0.522 e. The van der Waals surface area contributed by atoms with Gasteiger partial charge in [-0.05, 0) is 49.1 Å². The molecule has 2 N–H and O–H groups in total. The Balaban J connectivity index is 1.12. The first-order chi connectivity index (χ1) is 16.6. The monoisotopic (exact) mass is 512 g/mol. The highest BCUT2D eigenvalue weighted by Gasteiger charge is 2.69. The van der Waals surface area contributed by atoms with Crippen molar-refractivity contribution >= 4 is 17.5 Å². The van der Waals surface area contributed by atoms with Crippen molar-refractivity contribution in [1.82, 2.24) is 10.3 Å². The number of pyridine rings is 1. The topological polar surface area (TPSA) is 89.9 Å². The maximum absolute atomic E-state index is 12.9. The van der Waals surface area contributed by atoms with Gasteiger partial charge in [0.25, 0.3) is 5.91 Å². The van der Waals surface area contributed by atoms with Crippen molar-refractivity contribution in [3.63, 3.8) is 0 Å². The van der Waals surface area contributed by atoms with Gasteiger partial charge in [-0.3, -0.25) is 9.53 Å². The van der Waals surface area contributed by atoms with Gasteiger partial charge in [-0.1, -0.05) is 11.6 Å². The minimum Gasteiger partial charge on any atom is -0.480 e. The molecule has 2 aromatic rings. The summed E-state index contributed by atoms with van der Waals surface area (Å²) >= 11 is 5.99. The van der Waals surface area contributed by atoms with Crippen molar-refractivity contribution < 1.29 is 37.3 Å². The Morgan fingerprint density at radius 2 is 2.00 bits per heavy atom. The molecule has 0 radical (unpaired) electrons. The molecule has 2 atom stereocenters. The largest absolute Gasteiger partial charge is 0.522 e. The fraction of sp³-hybridized carbons (Fsp3) is 0.500. The van der Waals surface area contributed by atoms with Crippen molar-refractivity contribution in [2.24, 2.45) is 0 Å². The highest BCUT2D eigenvalue weighted by molar-refractivity contribution is 6.30. The second-order valence-corrected chi connectivity index (χ2v) is 9.94. The molecule has 1 aromatic carbocycles. The summed E-state index contributed by atoms with van der Waals surface area (Å²) in [5.41, 5.74) is 1.23. The molecule has 11 heteroatoms. The molecule has 7 nitrogen and oxygen atoms in total. The van der Waals surface area contributed by atoms with Gasteiger partial charge in [0.05, 0.1) is 19.3 Å². The smallest absolute Gasteiger partial charge is 0.480 e. The number of hydrogen-bond acceptors (Lipinski definition) is 6. The lowest BCUT2D eigenvalue weighted by Crippen LogP contribution is -2.77. The molecular weight excluding hydrogens is 489 g/mol. The van der Waals surface area contributed by atoms with Gasteiger partial charge >= 0.3 is 6.36 Å². The lowest BCUT2D eigenvalue weighted by Gasteiger charge is -2.71. The van der Waals surface area contributed by atoms with E-state index in [0.717, 1.165) is 24.8 Å². The number of nitrogens with one attached hydrogen (secondary N) is 1. The number of rotatable bonds is 8. The fourth-order valence-electron chi connectivity index (χ4n) is 5.39. The zero-order valence-electron chi connectivity index (χ0n) is 18.6. The van der Waals surface area contributed by atoms with Crippen LogP contribution in [0.5, 0.6) is 11.6 Å². The number of amides is 1. The third-order valence-corrected chi connectivity index (χ3v) is 7.14. The van der Waals surface area contributed by atoms with E-state index in [1.165, 1.54) is 0 Å². The Bertz CT molecular complexity index is 1110. The number of nitrogens with zero attached hydrogens (tertiary/aromatic N) is 1. The third kappa shape index (κ3) is 4.92. The normalized spacial score (nSPS) is 28.7. The van der Waals surface area contributed by atoms with Crippen LogP contribution < -0.4 is 14.8 Å². The van der Waals surface area contributed by atoms with Crippen LogP contribution in [0.25, 0.3) is 0 Å². The number of benzene rings is 1. The van der Waals surface area contributed by atoms with E-state index < -0.39 is 25.2 Å². The Hall–Kier alpha value is -2.56. The van der Waals surface area contributed by atoms with Gasteiger partial charge in [0.2, 0.25) is 5.88 Å². The van der Waals surface area contributed by atoms with Crippen LogP contribution in [0.1, 0.15) is 49.3 Å². The van der Waals surface area contributed by atoms with Crippen molar-refractivity contribution in [1.29, 1.82) is 0 Å². The van der Waals surface area contributed by atoms with Gasteiger partial charge < -0.3 is 19.9 Å². The molecule has 1 aliphatic heterocycles. The molecule has 2 bridgehead atoms. The number of halogens is 4. The number of carbonyl (C=O) groups excluding carboxylic acids is 1. The minimum absolute atomic E-state index is 0.0576. The molecule has 0 unspecified atom stereocenters. The number of aliphatic hydroxyl groups excluding tert-OH is 1. The maximum atomic E-state index is 12.9. The Morgan fingerprint density at radius 3 is 2.74 bits per heavy atom. The summed E-state index contributed by atoms with van der Waals surface area (Å²) in [6.07, 6.45) is -2.13. The molecule has 6 rings (SSSR count). The highest BCUT2D eigenvalue weighted by Crippen LogP contribution is 2.68. The van der Waals surface area contributed by atoms with Crippen molar-refractivity contribution in [2.45, 2.75) is 61.6 Å². The van der Waals surface area contributed by atoms with E-state index in [-0.39, 0.29) is 36.3 Å². The van der Waals surface area contributed by atoms with Gasteiger partial charge in [0.1, 0.15) is 5.75 Å². The predicted molar refractivity (Wildman–Crippen MR) is 118 cm³/mol. The first kappa shape index (κ1) is 24.1. The second kappa shape index (κ2) is 8.83. The van der Waals surface area contributed by atoms with E-state index in [0.29, 0.717) is 22.2 Å². The summed E-state index contributed by atoms with van der Waals surface area (Å²) in [6, 6.07) is 8.65. The van der Waals surface area contributed by atoms with Crippen LogP contribution in [0.2, 0.25) is 5.02 Å². The van der Waals surface area contributed by atoms with E-state index in [9.17, 15) is 23.1 Å². The Labute approximate surface area is 204 Å². The van der Waals surface area contributed by atoms with Gasteiger partial charge in [-0.2, -0.15) is 0 Å². The molecular formula is C24H24ClF3N2O5. The Kier molecular flexibility index (Phi) is 6.09. The molecule has 2 heterocycles. The SMILES string of the molecule is O=C(NC12CC(c3ccnc(OCCCOC(F)(F)F)c3)(C1)C2)[C@H]1C[C@@H](O)c2cc(Cl)ccc2O1. The van der Waals surface area contributed by atoms with E-state index in [1.807, 2.05) is 6.07 Å². The zero-order valence-corrected chi connectivity index (χ0v) is 19.4. The predicted octanol–water partition coefficient (Wildman–Crippen LogP) is 4.22.